The third-order valence-electron chi connectivity index (χ3n) is 6.34. The van der Waals surface area contributed by atoms with Gasteiger partial charge in [0.05, 0.1) is 24.7 Å². The van der Waals surface area contributed by atoms with Crippen LogP contribution in [0.3, 0.4) is 0 Å². The minimum absolute atomic E-state index is 0.174. The van der Waals surface area contributed by atoms with Crippen LogP contribution in [0.2, 0.25) is 0 Å². The highest BCUT2D eigenvalue weighted by Crippen LogP contribution is 2.52. The number of hydrogen-bond acceptors (Lipinski definition) is 5. The van der Waals surface area contributed by atoms with Crippen LogP contribution >= 0.6 is 15.9 Å². The van der Waals surface area contributed by atoms with E-state index in [1.807, 2.05) is 43.3 Å². The topological polar surface area (TPSA) is 68.2 Å². The summed E-state index contributed by atoms with van der Waals surface area (Å²) in [7, 11) is 0. The summed E-state index contributed by atoms with van der Waals surface area (Å²) in [5, 5.41) is 5.30. The van der Waals surface area contributed by atoms with Gasteiger partial charge in [-0.15, -0.1) is 0 Å². The van der Waals surface area contributed by atoms with Crippen molar-refractivity contribution in [2.24, 2.45) is 28.8 Å². The zero-order chi connectivity index (χ0) is 22.2. The van der Waals surface area contributed by atoms with Crippen LogP contribution in [-0.2, 0) is 16.2 Å². The quantitative estimate of drug-likeness (QED) is 0.321. The van der Waals surface area contributed by atoms with Gasteiger partial charge in [-0.05, 0) is 66.6 Å². The van der Waals surface area contributed by atoms with E-state index in [2.05, 4.69) is 33.2 Å². The number of carbonyl (C=O) groups excluding carboxylic acids is 2. The Bertz CT molecular complexity index is 1080. The van der Waals surface area contributed by atoms with Gasteiger partial charge in [-0.1, -0.05) is 40.2 Å². The van der Waals surface area contributed by atoms with E-state index in [0.717, 1.165) is 27.0 Å². The number of rotatable bonds is 7. The van der Waals surface area contributed by atoms with E-state index in [-0.39, 0.29) is 35.5 Å². The maximum absolute atomic E-state index is 12.8. The van der Waals surface area contributed by atoms with Crippen molar-refractivity contribution in [3.63, 3.8) is 0 Å². The van der Waals surface area contributed by atoms with E-state index in [1.165, 1.54) is 6.21 Å². The molecule has 0 spiro atoms. The molecule has 6 nitrogen and oxygen atoms in total. The molecule has 1 heterocycles. The first-order valence-electron chi connectivity index (χ1n) is 10.8. The van der Waals surface area contributed by atoms with Gasteiger partial charge in [0.2, 0.25) is 0 Å². The summed E-state index contributed by atoms with van der Waals surface area (Å²) in [6, 6.07) is 13.4. The van der Waals surface area contributed by atoms with Crippen molar-refractivity contribution in [3.8, 4) is 11.5 Å². The normalized spacial score (nSPS) is 25.8. The van der Waals surface area contributed by atoms with E-state index < -0.39 is 0 Å². The molecule has 0 unspecified atom stereocenters. The molecule has 3 aliphatic rings. The molecular weight excluding hydrogens is 472 g/mol. The van der Waals surface area contributed by atoms with Gasteiger partial charge in [0.15, 0.2) is 11.5 Å². The van der Waals surface area contributed by atoms with Gasteiger partial charge in [0.25, 0.3) is 11.8 Å². The molecule has 0 N–H and O–H groups in total. The van der Waals surface area contributed by atoms with Gasteiger partial charge in [0.1, 0.15) is 6.61 Å². The molecule has 0 radical (unpaired) electrons. The number of hydrogen-bond donors (Lipinski definition) is 0. The minimum atomic E-state index is -0.247. The van der Waals surface area contributed by atoms with Gasteiger partial charge < -0.3 is 9.47 Å². The maximum Gasteiger partial charge on any atom is 0.254 e. The average molecular weight is 495 g/mol. The van der Waals surface area contributed by atoms with Crippen LogP contribution in [0.4, 0.5) is 0 Å². The molecule has 0 aromatic heterocycles. The average Bonchev–Trinajstić information content (AvgIpc) is 3.47. The summed E-state index contributed by atoms with van der Waals surface area (Å²) >= 11 is 3.43. The molecule has 164 valence electrons. The fourth-order valence-corrected chi connectivity index (χ4v) is 5.12. The highest BCUT2D eigenvalue weighted by atomic mass is 79.9. The zero-order valence-electron chi connectivity index (χ0n) is 17.6. The van der Waals surface area contributed by atoms with E-state index in [0.29, 0.717) is 24.7 Å². The fraction of sp³-hybridized carbons (Fsp3) is 0.320. The Morgan fingerprint density at radius 1 is 1.00 bits per heavy atom. The highest BCUT2D eigenvalue weighted by Gasteiger charge is 2.59. The number of benzene rings is 2. The monoisotopic (exact) mass is 494 g/mol. The van der Waals surface area contributed by atoms with Crippen molar-refractivity contribution in [2.45, 2.75) is 20.0 Å². The lowest BCUT2D eigenvalue weighted by atomic mass is 9.85. The Morgan fingerprint density at radius 3 is 2.34 bits per heavy atom. The van der Waals surface area contributed by atoms with Crippen LogP contribution in [0.25, 0.3) is 0 Å². The number of ether oxygens (including phenoxy) is 2. The summed E-state index contributed by atoms with van der Waals surface area (Å²) in [5.74, 6) is 0.692. The number of carbonyl (C=O) groups is 2. The fourth-order valence-electron chi connectivity index (χ4n) is 4.86. The highest BCUT2D eigenvalue weighted by molar-refractivity contribution is 9.10. The Labute approximate surface area is 195 Å². The van der Waals surface area contributed by atoms with Crippen LogP contribution in [0.1, 0.15) is 24.5 Å². The van der Waals surface area contributed by atoms with Crippen molar-refractivity contribution in [1.29, 1.82) is 0 Å². The lowest BCUT2D eigenvalue weighted by Gasteiger charge is -2.13. The van der Waals surface area contributed by atoms with Crippen LogP contribution in [0, 0.1) is 23.7 Å². The predicted octanol–water partition coefficient (Wildman–Crippen LogP) is 4.57. The first kappa shape index (κ1) is 20.9. The van der Waals surface area contributed by atoms with Crippen molar-refractivity contribution in [2.75, 3.05) is 6.61 Å². The molecule has 2 bridgehead atoms. The van der Waals surface area contributed by atoms with Crippen LogP contribution in [-0.4, -0.2) is 29.6 Å². The lowest BCUT2D eigenvalue weighted by molar-refractivity contribution is -0.140. The summed E-state index contributed by atoms with van der Waals surface area (Å²) in [4.78, 5) is 25.6. The number of imide groups is 1. The smallest absolute Gasteiger partial charge is 0.254 e. The van der Waals surface area contributed by atoms with E-state index in [1.54, 1.807) is 6.07 Å². The molecule has 7 heteroatoms. The number of amides is 2. The third-order valence-corrected chi connectivity index (χ3v) is 6.87. The van der Waals surface area contributed by atoms with Crippen LogP contribution in [0.5, 0.6) is 11.5 Å². The van der Waals surface area contributed by atoms with Crippen molar-refractivity contribution in [1.82, 2.24) is 5.01 Å². The SMILES string of the molecule is CCOc1cc(/C=N\N2C(=O)[C@@H]3[C@H](C2=O)[C@H]2C=C[C@H]3C2)ccc1OCc1ccc(Br)cc1. The Morgan fingerprint density at radius 2 is 1.69 bits per heavy atom. The summed E-state index contributed by atoms with van der Waals surface area (Å²) in [5.41, 5.74) is 1.77. The van der Waals surface area contributed by atoms with Crippen molar-refractivity contribution < 1.29 is 19.1 Å². The van der Waals surface area contributed by atoms with Gasteiger partial charge in [-0.25, -0.2) is 0 Å². The Kier molecular flexibility index (Phi) is 5.59. The minimum Gasteiger partial charge on any atom is -0.490 e. The molecule has 5 rings (SSSR count). The van der Waals surface area contributed by atoms with Crippen molar-refractivity contribution in [3.05, 3.63) is 70.2 Å². The third kappa shape index (κ3) is 3.75. The molecule has 1 saturated heterocycles. The lowest BCUT2D eigenvalue weighted by Crippen LogP contribution is -2.28. The molecule has 2 amide bonds. The predicted molar refractivity (Wildman–Crippen MR) is 123 cm³/mol. The number of allylic oxidation sites excluding steroid dienone is 2. The van der Waals surface area contributed by atoms with Gasteiger partial charge >= 0.3 is 0 Å². The van der Waals surface area contributed by atoms with Gasteiger partial charge in [-0.2, -0.15) is 10.1 Å². The van der Waals surface area contributed by atoms with Crippen LogP contribution < -0.4 is 9.47 Å². The molecule has 2 aromatic carbocycles. The zero-order valence-corrected chi connectivity index (χ0v) is 19.2. The largest absolute Gasteiger partial charge is 0.490 e. The Hall–Kier alpha value is -2.93. The first-order valence-corrected chi connectivity index (χ1v) is 11.6. The standard InChI is InChI=1S/C25H23BrN2O4/c1-2-31-21-11-16(5-10-20(21)32-14-15-3-8-19(26)9-4-15)13-27-28-24(29)22-17-6-7-18(12-17)23(22)25(28)30/h3-11,13,17-18,22-23H,2,12,14H2,1H3/b27-13-/t17-,18-,22-,23+/m0/s1. The Balaban J connectivity index is 1.30. The number of fused-ring (bicyclic) bond motifs is 5. The van der Waals surface area contributed by atoms with E-state index >= 15 is 0 Å². The summed E-state index contributed by atoms with van der Waals surface area (Å²) in [6.07, 6.45) is 6.59. The van der Waals surface area contributed by atoms with Gasteiger partial charge in [0, 0.05) is 4.47 Å². The maximum atomic E-state index is 12.8. The van der Waals surface area contributed by atoms with Crippen LogP contribution in [0.15, 0.2) is 64.2 Å². The summed E-state index contributed by atoms with van der Waals surface area (Å²) < 4.78 is 12.7. The first-order chi connectivity index (χ1) is 15.5. The second kappa shape index (κ2) is 8.54. The number of hydrazone groups is 1. The van der Waals surface area contributed by atoms with Gasteiger partial charge in [-0.3, -0.25) is 9.59 Å². The van der Waals surface area contributed by atoms with Crippen molar-refractivity contribution >= 4 is 34.0 Å². The molecule has 32 heavy (non-hydrogen) atoms. The molecule has 1 saturated carbocycles. The van der Waals surface area contributed by atoms with E-state index in [4.69, 9.17) is 9.47 Å². The second-order valence-corrected chi connectivity index (χ2v) is 9.20. The molecule has 4 atom stereocenters. The number of halogens is 1. The molecular formula is C25H23BrN2O4. The molecule has 1 aliphatic heterocycles. The summed E-state index contributed by atoms with van der Waals surface area (Å²) in [6.45, 7) is 2.80. The molecule has 2 aromatic rings. The van der Waals surface area contributed by atoms with E-state index in [9.17, 15) is 9.59 Å². The number of nitrogens with zero attached hydrogens (tertiary/aromatic N) is 2. The molecule has 2 fully saturated rings. The molecule has 2 aliphatic carbocycles. The second-order valence-electron chi connectivity index (χ2n) is 8.29.